The van der Waals surface area contributed by atoms with E-state index in [9.17, 15) is 13.6 Å². The maximum absolute atomic E-state index is 12.6. The van der Waals surface area contributed by atoms with Crippen LogP contribution in [-0.2, 0) is 4.74 Å². The monoisotopic (exact) mass is 225 g/mol. The molecule has 1 aromatic carbocycles. The summed E-state index contributed by atoms with van der Waals surface area (Å²) in [4.78, 5) is 11.2. The van der Waals surface area contributed by atoms with Crippen molar-refractivity contribution in [1.29, 1.82) is 0 Å². The minimum atomic E-state index is -2.62. The van der Waals surface area contributed by atoms with Gasteiger partial charge in [0.15, 0.2) is 0 Å². The third-order valence-corrected chi connectivity index (χ3v) is 2.35. The molecule has 1 aromatic heterocycles. The van der Waals surface area contributed by atoms with Crippen LogP contribution in [0.4, 0.5) is 8.78 Å². The second-order valence-corrected chi connectivity index (χ2v) is 3.27. The van der Waals surface area contributed by atoms with Crippen LogP contribution in [0, 0.1) is 0 Å². The summed E-state index contributed by atoms with van der Waals surface area (Å²) in [6.07, 6.45) is 1.29. The molecule has 0 fully saturated rings. The summed E-state index contributed by atoms with van der Waals surface area (Å²) in [6, 6.07) is 6.13. The average molecular weight is 225 g/mol. The number of rotatable bonds is 2. The number of carbonyl (C=O) groups excluding carboxylic acids is 1. The normalized spacial score (nSPS) is 11.0. The van der Waals surface area contributed by atoms with Crippen LogP contribution in [0.5, 0.6) is 0 Å². The molecular formula is C11H9F2NO2. The Morgan fingerprint density at radius 1 is 1.38 bits per heavy atom. The van der Waals surface area contributed by atoms with Gasteiger partial charge in [-0.15, -0.1) is 0 Å². The molecule has 0 saturated heterocycles. The Bertz CT molecular complexity index is 534. The van der Waals surface area contributed by atoms with Gasteiger partial charge >= 0.3 is 12.5 Å². The van der Waals surface area contributed by atoms with Crippen molar-refractivity contribution in [3.05, 3.63) is 36.0 Å². The number of alkyl halides is 2. The van der Waals surface area contributed by atoms with Crippen LogP contribution >= 0.6 is 0 Å². The fourth-order valence-electron chi connectivity index (χ4n) is 1.56. The molecule has 0 aliphatic rings. The lowest BCUT2D eigenvalue weighted by atomic mass is 10.1. The highest BCUT2D eigenvalue weighted by Crippen LogP contribution is 2.23. The summed E-state index contributed by atoms with van der Waals surface area (Å²) >= 11 is 0. The minimum Gasteiger partial charge on any atom is -0.465 e. The molecule has 5 heteroatoms. The van der Waals surface area contributed by atoms with E-state index in [0.29, 0.717) is 10.9 Å². The molecule has 0 saturated carbocycles. The van der Waals surface area contributed by atoms with Gasteiger partial charge in [-0.1, -0.05) is 6.07 Å². The molecule has 0 radical (unpaired) electrons. The van der Waals surface area contributed by atoms with Crippen LogP contribution in [0.25, 0.3) is 10.9 Å². The lowest BCUT2D eigenvalue weighted by molar-refractivity contribution is 0.0599. The van der Waals surface area contributed by atoms with E-state index in [0.717, 1.165) is 4.57 Å². The van der Waals surface area contributed by atoms with E-state index in [1.807, 2.05) is 0 Å². The molecule has 0 spiro atoms. The third kappa shape index (κ3) is 1.64. The van der Waals surface area contributed by atoms with Crippen molar-refractivity contribution in [2.24, 2.45) is 0 Å². The number of aromatic nitrogens is 1. The van der Waals surface area contributed by atoms with Crippen molar-refractivity contribution < 1.29 is 18.3 Å². The number of halogens is 2. The van der Waals surface area contributed by atoms with E-state index in [2.05, 4.69) is 4.74 Å². The Morgan fingerprint density at radius 3 is 2.75 bits per heavy atom. The number of hydrogen-bond acceptors (Lipinski definition) is 2. The van der Waals surface area contributed by atoms with Gasteiger partial charge in [0, 0.05) is 6.20 Å². The summed E-state index contributed by atoms with van der Waals surface area (Å²) in [5, 5.41) is 0.660. The summed E-state index contributed by atoms with van der Waals surface area (Å²) in [5.74, 6) is -0.538. The Kier molecular flexibility index (Phi) is 2.60. The Hall–Kier alpha value is -1.91. The predicted octanol–water partition coefficient (Wildman–Crippen LogP) is 2.82. The topological polar surface area (TPSA) is 31.2 Å². The van der Waals surface area contributed by atoms with Crippen molar-refractivity contribution in [3.8, 4) is 0 Å². The van der Waals surface area contributed by atoms with Crippen LogP contribution in [0.15, 0.2) is 30.5 Å². The first-order valence-electron chi connectivity index (χ1n) is 4.60. The molecular weight excluding hydrogens is 216 g/mol. The molecule has 2 aromatic rings. The lowest BCUT2D eigenvalue weighted by Gasteiger charge is -2.04. The average Bonchev–Trinajstić information content (AvgIpc) is 2.70. The molecule has 84 valence electrons. The van der Waals surface area contributed by atoms with Gasteiger partial charge in [0.2, 0.25) is 0 Å². The predicted molar refractivity (Wildman–Crippen MR) is 54.5 cm³/mol. The second kappa shape index (κ2) is 3.92. The summed E-state index contributed by atoms with van der Waals surface area (Å²) in [5.41, 5.74) is 0.577. The van der Waals surface area contributed by atoms with Gasteiger partial charge in [0.1, 0.15) is 0 Å². The molecule has 0 aliphatic carbocycles. The quantitative estimate of drug-likeness (QED) is 0.736. The molecule has 2 rings (SSSR count). The molecule has 0 amide bonds. The van der Waals surface area contributed by atoms with Gasteiger partial charge in [0.25, 0.3) is 0 Å². The molecule has 0 unspecified atom stereocenters. The molecule has 0 atom stereocenters. The Balaban J connectivity index is 2.58. The number of carbonyl (C=O) groups is 1. The van der Waals surface area contributed by atoms with Crippen molar-refractivity contribution in [2.75, 3.05) is 7.11 Å². The van der Waals surface area contributed by atoms with Crippen LogP contribution in [0.2, 0.25) is 0 Å². The van der Waals surface area contributed by atoms with Gasteiger partial charge < -0.3 is 4.74 Å². The van der Waals surface area contributed by atoms with Crippen molar-refractivity contribution >= 4 is 16.9 Å². The fraction of sp³-hybridized carbons (Fsp3) is 0.182. The largest absolute Gasteiger partial charge is 0.465 e. The number of nitrogens with zero attached hydrogens (tertiary/aromatic N) is 1. The second-order valence-electron chi connectivity index (χ2n) is 3.27. The minimum absolute atomic E-state index is 0.260. The molecule has 0 N–H and O–H groups in total. The lowest BCUT2D eigenvalue weighted by Crippen LogP contribution is -2.02. The summed E-state index contributed by atoms with van der Waals surface area (Å²) in [6.45, 7) is -2.62. The van der Waals surface area contributed by atoms with Gasteiger partial charge in [-0.25, -0.2) is 4.79 Å². The van der Waals surface area contributed by atoms with E-state index in [4.69, 9.17) is 0 Å². The standard InChI is InChI=1S/C11H9F2NO2/c1-16-10(15)8-3-2-7-4-5-14(11(12)13)9(7)6-8/h2-6,11H,1H3. The van der Waals surface area contributed by atoms with Crippen LogP contribution < -0.4 is 0 Å². The number of ether oxygens (including phenoxy) is 1. The maximum Gasteiger partial charge on any atom is 0.337 e. The third-order valence-electron chi connectivity index (χ3n) is 2.35. The summed E-state index contributed by atoms with van der Waals surface area (Å²) in [7, 11) is 1.25. The Labute approximate surface area is 90.2 Å². The van der Waals surface area contributed by atoms with Gasteiger partial charge in [-0.2, -0.15) is 8.78 Å². The van der Waals surface area contributed by atoms with E-state index in [1.165, 1.54) is 19.4 Å². The molecule has 1 heterocycles. The fourth-order valence-corrected chi connectivity index (χ4v) is 1.56. The number of benzene rings is 1. The highest BCUT2D eigenvalue weighted by atomic mass is 19.3. The molecule has 0 bridgehead atoms. The number of esters is 1. The van der Waals surface area contributed by atoms with Crippen LogP contribution in [-0.4, -0.2) is 17.6 Å². The van der Waals surface area contributed by atoms with Crippen LogP contribution in [0.1, 0.15) is 16.9 Å². The smallest absolute Gasteiger partial charge is 0.337 e. The highest BCUT2D eigenvalue weighted by Gasteiger charge is 2.12. The number of methoxy groups -OCH3 is 1. The van der Waals surface area contributed by atoms with E-state index in [-0.39, 0.29) is 5.56 Å². The van der Waals surface area contributed by atoms with Crippen molar-refractivity contribution in [3.63, 3.8) is 0 Å². The van der Waals surface area contributed by atoms with Crippen molar-refractivity contribution in [1.82, 2.24) is 4.57 Å². The first-order chi connectivity index (χ1) is 7.63. The van der Waals surface area contributed by atoms with Gasteiger partial charge in [-0.05, 0) is 23.6 Å². The molecule has 16 heavy (non-hydrogen) atoms. The SMILES string of the molecule is COC(=O)c1ccc2ccn(C(F)F)c2c1. The first kappa shape index (κ1) is 10.6. The molecule has 3 nitrogen and oxygen atoms in total. The zero-order valence-corrected chi connectivity index (χ0v) is 8.48. The highest BCUT2D eigenvalue weighted by molar-refractivity contribution is 5.94. The maximum atomic E-state index is 12.6. The zero-order valence-electron chi connectivity index (χ0n) is 8.48. The van der Waals surface area contributed by atoms with Gasteiger partial charge in [-0.3, -0.25) is 4.57 Å². The van der Waals surface area contributed by atoms with Crippen molar-refractivity contribution in [2.45, 2.75) is 6.55 Å². The van der Waals surface area contributed by atoms with Gasteiger partial charge in [0.05, 0.1) is 18.2 Å². The van der Waals surface area contributed by atoms with E-state index in [1.54, 1.807) is 18.2 Å². The first-order valence-corrected chi connectivity index (χ1v) is 4.60. The number of fused-ring (bicyclic) bond motifs is 1. The van der Waals surface area contributed by atoms with E-state index < -0.39 is 12.5 Å². The van der Waals surface area contributed by atoms with Crippen LogP contribution in [0.3, 0.4) is 0 Å². The number of hydrogen-bond donors (Lipinski definition) is 0. The molecule has 0 aliphatic heterocycles. The Morgan fingerprint density at radius 2 is 2.12 bits per heavy atom. The summed E-state index contributed by atoms with van der Waals surface area (Å²) < 4.78 is 30.5. The van der Waals surface area contributed by atoms with E-state index >= 15 is 0 Å². The zero-order chi connectivity index (χ0) is 11.7.